The van der Waals surface area contributed by atoms with Crippen molar-refractivity contribution in [3.8, 4) is 0 Å². The number of amides is 1. The number of pyridine rings is 1. The normalized spacial score (nSPS) is 18.9. The lowest BCUT2D eigenvalue weighted by Crippen LogP contribution is -2.41. The summed E-state index contributed by atoms with van der Waals surface area (Å²) >= 11 is 0. The quantitative estimate of drug-likeness (QED) is 0.785. The van der Waals surface area contributed by atoms with Gasteiger partial charge >= 0.3 is 5.97 Å². The highest BCUT2D eigenvalue weighted by Gasteiger charge is 2.29. The van der Waals surface area contributed by atoms with Crippen LogP contribution in [-0.2, 0) is 9.53 Å². The molecule has 2 aliphatic rings. The number of hydrogen-bond donors (Lipinski definition) is 0. The van der Waals surface area contributed by atoms with Crippen molar-refractivity contribution < 1.29 is 14.3 Å². The van der Waals surface area contributed by atoms with Crippen LogP contribution >= 0.6 is 0 Å². The highest BCUT2D eigenvalue weighted by atomic mass is 16.5. The van der Waals surface area contributed by atoms with E-state index in [9.17, 15) is 9.59 Å². The van der Waals surface area contributed by atoms with E-state index in [-0.39, 0.29) is 17.8 Å². The minimum atomic E-state index is -0.139. The molecule has 0 atom stereocenters. The van der Waals surface area contributed by atoms with Crippen LogP contribution in [0.15, 0.2) is 18.2 Å². The molecule has 136 valence electrons. The topological polar surface area (TPSA) is 62.7 Å². The van der Waals surface area contributed by atoms with E-state index in [1.54, 1.807) is 11.0 Å². The van der Waals surface area contributed by atoms with Crippen LogP contribution in [0, 0.1) is 5.92 Å². The zero-order valence-electron chi connectivity index (χ0n) is 14.9. The highest BCUT2D eigenvalue weighted by Crippen LogP contribution is 2.22. The van der Waals surface area contributed by atoms with E-state index in [2.05, 4.69) is 9.88 Å². The van der Waals surface area contributed by atoms with Crippen molar-refractivity contribution in [3.05, 3.63) is 23.9 Å². The Hall–Kier alpha value is -2.11. The second-order valence-corrected chi connectivity index (χ2v) is 6.75. The Morgan fingerprint density at radius 1 is 1.12 bits per heavy atom. The van der Waals surface area contributed by atoms with Gasteiger partial charge in [-0.1, -0.05) is 6.07 Å². The predicted octanol–water partition coefficient (Wildman–Crippen LogP) is 2.49. The Bertz CT molecular complexity index is 606. The van der Waals surface area contributed by atoms with Gasteiger partial charge in [-0.15, -0.1) is 0 Å². The molecule has 1 aromatic rings. The summed E-state index contributed by atoms with van der Waals surface area (Å²) in [6.45, 7) is 5.41. The number of anilines is 1. The molecule has 2 aliphatic heterocycles. The van der Waals surface area contributed by atoms with E-state index in [1.165, 1.54) is 19.3 Å². The third kappa shape index (κ3) is 4.30. The van der Waals surface area contributed by atoms with Crippen LogP contribution in [0.1, 0.15) is 49.5 Å². The summed E-state index contributed by atoms with van der Waals surface area (Å²) in [5.41, 5.74) is 0.498. The summed E-state index contributed by atoms with van der Waals surface area (Å²) in [5, 5.41) is 0. The number of hydrogen-bond acceptors (Lipinski definition) is 5. The fourth-order valence-corrected chi connectivity index (χ4v) is 3.58. The molecule has 6 nitrogen and oxygen atoms in total. The molecule has 2 saturated heterocycles. The van der Waals surface area contributed by atoms with Gasteiger partial charge in [-0.3, -0.25) is 9.59 Å². The van der Waals surface area contributed by atoms with Crippen LogP contribution in [0.25, 0.3) is 0 Å². The zero-order valence-corrected chi connectivity index (χ0v) is 14.9. The molecular formula is C19H27N3O3. The molecule has 0 aromatic carbocycles. The number of likely N-dealkylation sites (tertiary alicyclic amines) is 1. The van der Waals surface area contributed by atoms with Gasteiger partial charge in [0.25, 0.3) is 5.91 Å². The summed E-state index contributed by atoms with van der Waals surface area (Å²) in [6, 6.07) is 5.68. The van der Waals surface area contributed by atoms with Crippen molar-refractivity contribution in [2.45, 2.75) is 39.0 Å². The number of esters is 1. The fraction of sp³-hybridized carbons (Fsp3) is 0.632. The number of rotatable bonds is 4. The smallest absolute Gasteiger partial charge is 0.309 e. The Balaban J connectivity index is 1.61. The first-order valence-electron chi connectivity index (χ1n) is 9.37. The van der Waals surface area contributed by atoms with Crippen LogP contribution in [0.5, 0.6) is 0 Å². The van der Waals surface area contributed by atoms with Gasteiger partial charge in [0.1, 0.15) is 11.5 Å². The summed E-state index contributed by atoms with van der Waals surface area (Å²) in [4.78, 5) is 33.2. The minimum absolute atomic E-state index is 0.0406. The minimum Gasteiger partial charge on any atom is -0.466 e. The van der Waals surface area contributed by atoms with Crippen molar-refractivity contribution in [1.29, 1.82) is 0 Å². The summed E-state index contributed by atoms with van der Waals surface area (Å²) in [7, 11) is 0. The van der Waals surface area contributed by atoms with E-state index in [4.69, 9.17) is 4.74 Å². The molecule has 3 rings (SSSR count). The number of carbonyl (C=O) groups is 2. The molecule has 0 N–H and O–H groups in total. The molecule has 0 bridgehead atoms. The van der Waals surface area contributed by atoms with Gasteiger partial charge in [0, 0.05) is 26.2 Å². The van der Waals surface area contributed by atoms with Crippen molar-refractivity contribution >= 4 is 17.7 Å². The molecule has 0 spiro atoms. The van der Waals surface area contributed by atoms with Gasteiger partial charge in [0.2, 0.25) is 0 Å². The molecule has 0 saturated carbocycles. The van der Waals surface area contributed by atoms with Crippen molar-refractivity contribution in [2.75, 3.05) is 37.7 Å². The average molecular weight is 345 g/mol. The molecule has 3 heterocycles. The Morgan fingerprint density at radius 3 is 2.52 bits per heavy atom. The molecule has 0 unspecified atom stereocenters. The van der Waals surface area contributed by atoms with E-state index in [0.717, 1.165) is 18.9 Å². The van der Waals surface area contributed by atoms with E-state index in [0.29, 0.717) is 38.2 Å². The largest absolute Gasteiger partial charge is 0.466 e. The van der Waals surface area contributed by atoms with Gasteiger partial charge in [-0.2, -0.15) is 0 Å². The van der Waals surface area contributed by atoms with E-state index in [1.807, 2.05) is 19.1 Å². The molecule has 0 aliphatic carbocycles. The summed E-state index contributed by atoms with van der Waals surface area (Å²) < 4.78 is 5.08. The molecular weight excluding hydrogens is 318 g/mol. The van der Waals surface area contributed by atoms with Crippen LogP contribution in [0.2, 0.25) is 0 Å². The van der Waals surface area contributed by atoms with Crippen molar-refractivity contribution in [2.24, 2.45) is 5.92 Å². The maximum absolute atomic E-state index is 12.8. The molecule has 2 fully saturated rings. The van der Waals surface area contributed by atoms with Crippen LogP contribution in [0.4, 0.5) is 5.82 Å². The maximum Gasteiger partial charge on any atom is 0.309 e. The van der Waals surface area contributed by atoms with Crippen LogP contribution in [-0.4, -0.2) is 54.5 Å². The Morgan fingerprint density at radius 2 is 1.84 bits per heavy atom. The second-order valence-electron chi connectivity index (χ2n) is 6.75. The number of nitrogens with zero attached hydrogens (tertiary/aromatic N) is 3. The number of piperidine rings is 2. The molecule has 1 aromatic heterocycles. The van der Waals surface area contributed by atoms with E-state index >= 15 is 0 Å². The third-order valence-corrected chi connectivity index (χ3v) is 5.04. The number of carbonyl (C=O) groups excluding carboxylic acids is 2. The number of aromatic nitrogens is 1. The maximum atomic E-state index is 12.8. The molecule has 6 heteroatoms. The first-order valence-corrected chi connectivity index (χ1v) is 9.37. The molecule has 25 heavy (non-hydrogen) atoms. The highest BCUT2D eigenvalue weighted by molar-refractivity contribution is 5.93. The Labute approximate surface area is 149 Å². The summed E-state index contributed by atoms with van der Waals surface area (Å²) in [5.74, 6) is 0.629. The number of ether oxygens (including phenoxy) is 1. The lowest BCUT2D eigenvalue weighted by molar-refractivity contribution is -0.149. The first kappa shape index (κ1) is 17.7. The molecule has 1 amide bonds. The standard InChI is InChI=1S/C19H27N3O3/c1-2-25-19(24)15-9-13-22(14-10-15)18(23)16-7-6-8-17(20-16)21-11-4-3-5-12-21/h6-8,15H,2-5,9-14H2,1H3. The van der Waals surface area contributed by atoms with Crippen molar-refractivity contribution in [1.82, 2.24) is 9.88 Å². The van der Waals surface area contributed by atoms with Crippen LogP contribution < -0.4 is 4.90 Å². The monoisotopic (exact) mass is 345 g/mol. The van der Waals surface area contributed by atoms with Gasteiger partial charge in [-0.25, -0.2) is 4.98 Å². The molecule has 0 radical (unpaired) electrons. The van der Waals surface area contributed by atoms with Crippen molar-refractivity contribution in [3.63, 3.8) is 0 Å². The summed E-state index contributed by atoms with van der Waals surface area (Å²) in [6.07, 6.45) is 4.96. The SMILES string of the molecule is CCOC(=O)C1CCN(C(=O)c2cccc(N3CCCCC3)n2)CC1. The lowest BCUT2D eigenvalue weighted by atomic mass is 9.97. The Kier molecular flexibility index (Phi) is 5.89. The predicted molar refractivity (Wildman–Crippen MR) is 95.6 cm³/mol. The van der Waals surface area contributed by atoms with Gasteiger partial charge < -0.3 is 14.5 Å². The van der Waals surface area contributed by atoms with Gasteiger partial charge in [0.15, 0.2) is 0 Å². The van der Waals surface area contributed by atoms with Gasteiger partial charge in [-0.05, 0) is 51.2 Å². The first-order chi connectivity index (χ1) is 12.2. The lowest BCUT2D eigenvalue weighted by Gasteiger charge is -2.31. The average Bonchev–Trinajstić information content (AvgIpc) is 2.68. The van der Waals surface area contributed by atoms with Gasteiger partial charge in [0.05, 0.1) is 12.5 Å². The fourth-order valence-electron chi connectivity index (χ4n) is 3.58. The third-order valence-electron chi connectivity index (χ3n) is 5.04. The second kappa shape index (κ2) is 8.32. The van der Waals surface area contributed by atoms with Crippen LogP contribution in [0.3, 0.4) is 0 Å². The van der Waals surface area contributed by atoms with E-state index < -0.39 is 0 Å². The zero-order chi connectivity index (χ0) is 17.6.